The van der Waals surface area contributed by atoms with Crippen molar-refractivity contribution >= 4 is 5.91 Å². The van der Waals surface area contributed by atoms with Crippen LogP contribution in [0.3, 0.4) is 0 Å². The molecule has 1 aromatic heterocycles. The number of benzene rings is 1. The lowest BCUT2D eigenvalue weighted by atomic mass is 10.2. The van der Waals surface area contributed by atoms with Gasteiger partial charge in [-0.25, -0.2) is 15.3 Å². The minimum Gasteiger partial charge on any atom is -0.473 e. The van der Waals surface area contributed by atoms with Gasteiger partial charge in [0, 0.05) is 25.3 Å². The van der Waals surface area contributed by atoms with Gasteiger partial charge in [-0.05, 0) is 24.5 Å². The second-order valence-corrected chi connectivity index (χ2v) is 5.50. The summed E-state index contributed by atoms with van der Waals surface area (Å²) in [7, 11) is 0. The smallest absolute Gasteiger partial charge is 0.276 e. The number of hydrogen-bond donors (Lipinski definition) is 1. The first-order chi connectivity index (χ1) is 11.8. The number of amides is 1. The van der Waals surface area contributed by atoms with Gasteiger partial charge in [0.25, 0.3) is 5.91 Å². The van der Waals surface area contributed by atoms with Gasteiger partial charge in [-0.3, -0.25) is 4.79 Å². The van der Waals surface area contributed by atoms with E-state index in [0.29, 0.717) is 24.7 Å². The van der Waals surface area contributed by atoms with Crippen molar-refractivity contribution in [2.75, 3.05) is 6.61 Å². The van der Waals surface area contributed by atoms with Crippen molar-refractivity contribution in [1.82, 2.24) is 10.5 Å². The maximum atomic E-state index is 12.0. The normalized spacial score (nSPS) is 17.2. The van der Waals surface area contributed by atoms with Crippen molar-refractivity contribution in [3.05, 3.63) is 59.8 Å². The molecule has 24 heavy (non-hydrogen) atoms. The van der Waals surface area contributed by atoms with Gasteiger partial charge in [0.15, 0.2) is 6.29 Å². The first kappa shape index (κ1) is 16.4. The molecule has 6 heteroatoms. The number of hydroxylamine groups is 1. The molecule has 126 valence electrons. The standard InChI is InChI=1S/C18H20N2O4/c21-18(20-24-17-8-4-5-11-22-17)15-9-10-16(19-12-15)23-13-14-6-2-1-3-7-14/h1-3,6-7,9-10,12,17H,4-5,8,11,13H2,(H,20,21)/t17-/m0/s1. The average Bonchev–Trinajstić information content (AvgIpc) is 2.66. The Morgan fingerprint density at radius 3 is 2.79 bits per heavy atom. The third kappa shape index (κ3) is 4.78. The van der Waals surface area contributed by atoms with E-state index in [1.54, 1.807) is 12.1 Å². The van der Waals surface area contributed by atoms with E-state index in [-0.39, 0.29) is 12.2 Å². The lowest BCUT2D eigenvalue weighted by Crippen LogP contribution is -2.33. The van der Waals surface area contributed by atoms with E-state index in [2.05, 4.69) is 10.5 Å². The summed E-state index contributed by atoms with van der Waals surface area (Å²) in [5.74, 6) is 0.109. The molecule has 0 bridgehead atoms. The molecular weight excluding hydrogens is 308 g/mol. The van der Waals surface area contributed by atoms with Crippen LogP contribution in [-0.2, 0) is 16.2 Å². The highest BCUT2D eigenvalue weighted by molar-refractivity contribution is 5.93. The van der Waals surface area contributed by atoms with E-state index in [4.69, 9.17) is 14.3 Å². The number of ether oxygens (including phenoxy) is 2. The topological polar surface area (TPSA) is 69.7 Å². The molecule has 1 aromatic carbocycles. The van der Waals surface area contributed by atoms with Crippen molar-refractivity contribution in [2.24, 2.45) is 0 Å². The average molecular weight is 328 g/mol. The zero-order chi connectivity index (χ0) is 16.6. The molecule has 1 saturated heterocycles. The molecule has 2 aromatic rings. The van der Waals surface area contributed by atoms with Gasteiger partial charge in [0.05, 0.1) is 5.56 Å². The molecular formula is C18H20N2O4. The van der Waals surface area contributed by atoms with Crippen molar-refractivity contribution in [3.63, 3.8) is 0 Å². The van der Waals surface area contributed by atoms with Crippen LogP contribution >= 0.6 is 0 Å². The molecule has 1 N–H and O–H groups in total. The number of hydrogen-bond acceptors (Lipinski definition) is 5. The Bertz CT molecular complexity index is 640. The first-order valence-electron chi connectivity index (χ1n) is 8.01. The number of pyridine rings is 1. The molecule has 0 aliphatic carbocycles. The Morgan fingerprint density at radius 2 is 2.08 bits per heavy atom. The molecule has 1 aliphatic heterocycles. The molecule has 0 saturated carbocycles. The number of nitrogens with one attached hydrogen (secondary N) is 1. The Balaban J connectivity index is 1.47. The van der Waals surface area contributed by atoms with Crippen LogP contribution in [0.4, 0.5) is 0 Å². The molecule has 0 spiro atoms. The van der Waals surface area contributed by atoms with Gasteiger partial charge in [0.2, 0.25) is 5.88 Å². The summed E-state index contributed by atoms with van der Waals surface area (Å²) in [5, 5.41) is 0. The number of carbonyl (C=O) groups is 1. The minimum atomic E-state index is -0.371. The zero-order valence-electron chi connectivity index (χ0n) is 13.3. The maximum absolute atomic E-state index is 12.0. The largest absolute Gasteiger partial charge is 0.473 e. The van der Waals surface area contributed by atoms with Crippen LogP contribution < -0.4 is 10.2 Å². The van der Waals surface area contributed by atoms with E-state index >= 15 is 0 Å². The number of rotatable bonds is 6. The van der Waals surface area contributed by atoms with E-state index < -0.39 is 0 Å². The number of carbonyl (C=O) groups excluding carboxylic acids is 1. The molecule has 1 amide bonds. The summed E-state index contributed by atoms with van der Waals surface area (Å²) in [5.41, 5.74) is 3.86. The molecule has 0 unspecified atom stereocenters. The molecule has 3 rings (SSSR count). The number of nitrogens with zero attached hydrogens (tertiary/aromatic N) is 1. The lowest BCUT2D eigenvalue weighted by Gasteiger charge is -2.22. The van der Waals surface area contributed by atoms with Gasteiger partial charge < -0.3 is 9.47 Å². The van der Waals surface area contributed by atoms with Crippen LogP contribution in [0.1, 0.15) is 35.2 Å². The quantitative estimate of drug-likeness (QED) is 0.826. The highest BCUT2D eigenvalue weighted by atomic mass is 16.8. The van der Waals surface area contributed by atoms with Crippen molar-refractivity contribution in [1.29, 1.82) is 0 Å². The Hall–Kier alpha value is -2.44. The second kappa shape index (κ2) is 8.42. The summed E-state index contributed by atoms with van der Waals surface area (Å²) < 4.78 is 11.0. The van der Waals surface area contributed by atoms with Crippen LogP contribution in [0.5, 0.6) is 5.88 Å². The fourth-order valence-corrected chi connectivity index (χ4v) is 2.31. The fourth-order valence-electron chi connectivity index (χ4n) is 2.31. The number of aromatic nitrogens is 1. The summed E-state index contributed by atoms with van der Waals surface area (Å²) in [6.07, 6.45) is 3.94. The van der Waals surface area contributed by atoms with Gasteiger partial charge >= 0.3 is 0 Å². The first-order valence-corrected chi connectivity index (χ1v) is 8.01. The van der Waals surface area contributed by atoms with Gasteiger partial charge in [0.1, 0.15) is 6.61 Å². The van der Waals surface area contributed by atoms with Crippen molar-refractivity contribution < 1.29 is 19.1 Å². The summed E-state index contributed by atoms with van der Waals surface area (Å²) >= 11 is 0. The SMILES string of the molecule is O=C(NO[C@H]1CCCCO1)c1ccc(OCc2ccccc2)nc1. The van der Waals surface area contributed by atoms with Crippen LogP contribution in [0.2, 0.25) is 0 Å². The highest BCUT2D eigenvalue weighted by Crippen LogP contribution is 2.13. The predicted octanol–water partition coefficient (Wildman–Crippen LogP) is 2.85. The van der Waals surface area contributed by atoms with Crippen molar-refractivity contribution in [2.45, 2.75) is 32.2 Å². The Labute approximate surface area is 140 Å². The lowest BCUT2D eigenvalue weighted by molar-refractivity contribution is -0.186. The third-order valence-electron chi connectivity index (χ3n) is 3.65. The Morgan fingerprint density at radius 1 is 1.21 bits per heavy atom. The van der Waals surface area contributed by atoms with Crippen LogP contribution in [0, 0.1) is 0 Å². The summed E-state index contributed by atoms with van der Waals surface area (Å²) in [6, 6.07) is 13.1. The molecule has 1 aliphatic rings. The fraction of sp³-hybridized carbons (Fsp3) is 0.333. The molecule has 2 heterocycles. The minimum absolute atomic E-state index is 0.355. The second-order valence-electron chi connectivity index (χ2n) is 5.50. The zero-order valence-corrected chi connectivity index (χ0v) is 13.3. The molecule has 1 atom stereocenters. The summed E-state index contributed by atoms with van der Waals surface area (Å²) in [4.78, 5) is 21.4. The van der Waals surface area contributed by atoms with E-state index in [0.717, 1.165) is 24.8 Å². The van der Waals surface area contributed by atoms with Gasteiger partial charge in [-0.1, -0.05) is 30.3 Å². The van der Waals surface area contributed by atoms with E-state index in [1.165, 1.54) is 6.20 Å². The van der Waals surface area contributed by atoms with Crippen molar-refractivity contribution in [3.8, 4) is 5.88 Å². The Kier molecular flexibility index (Phi) is 5.76. The summed E-state index contributed by atoms with van der Waals surface area (Å²) in [6.45, 7) is 1.09. The van der Waals surface area contributed by atoms with E-state index in [1.807, 2.05) is 30.3 Å². The predicted molar refractivity (Wildman–Crippen MR) is 87.2 cm³/mol. The maximum Gasteiger partial charge on any atom is 0.276 e. The molecule has 1 fully saturated rings. The van der Waals surface area contributed by atoms with Crippen LogP contribution in [-0.4, -0.2) is 23.8 Å². The highest BCUT2D eigenvalue weighted by Gasteiger charge is 2.16. The van der Waals surface area contributed by atoms with Gasteiger partial charge in [-0.15, -0.1) is 0 Å². The molecule has 0 radical (unpaired) electrons. The monoisotopic (exact) mass is 328 g/mol. The third-order valence-corrected chi connectivity index (χ3v) is 3.65. The van der Waals surface area contributed by atoms with Crippen LogP contribution in [0.25, 0.3) is 0 Å². The van der Waals surface area contributed by atoms with Crippen LogP contribution in [0.15, 0.2) is 48.7 Å². The van der Waals surface area contributed by atoms with Gasteiger partial charge in [-0.2, -0.15) is 0 Å². The van der Waals surface area contributed by atoms with E-state index in [9.17, 15) is 4.79 Å². The molecule has 6 nitrogen and oxygen atoms in total.